The second kappa shape index (κ2) is 9.58. The van der Waals surface area contributed by atoms with E-state index < -0.39 is 0 Å². The number of nitrogens with zero attached hydrogens (tertiary/aromatic N) is 3. The van der Waals surface area contributed by atoms with E-state index in [4.69, 9.17) is 9.15 Å². The standard InChI is InChI=1S/C21H22N4O3S/c26-20(14-27-19-6-4-17(5-7-19)21-24-22-15-28-21)23-18-3-1-2-16(12-18)13-25-8-10-29-11-9-25/h1-7,12,15H,8-11,13-14H2,(H,23,26). The number of amides is 1. The van der Waals surface area contributed by atoms with E-state index in [2.05, 4.69) is 26.5 Å². The van der Waals surface area contributed by atoms with Crippen molar-refractivity contribution in [3.63, 3.8) is 0 Å². The van der Waals surface area contributed by atoms with Crippen molar-refractivity contribution < 1.29 is 13.9 Å². The Morgan fingerprint density at radius 1 is 1.17 bits per heavy atom. The minimum atomic E-state index is -0.197. The molecule has 29 heavy (non-hydrogen) atoms. The first kappa shape index (κ1) is 19.5. The molecule has 2 heterocycles. The summed E-state index contributed by atoms with van der Waals surface area (Å²) >= 11 is 2.00. The Hall–Kier alpha value is -2.84. The minimum Gasteiger partial charge on any atom is -0.484 e. The SMILES string of the molecule is O=C(COc1ccc(-c2nnco2)cc1)Nc1cccc(CN2CCSCC2)c1. The zero-order valence-corrected chi connectivity index (χ0v) is 16.7. The molecule has 1 aromatic heterocycles. The number of carbonyl (C=O) groups is 1. The number of aromatic nitrogens is 2. The van der Waals surface area contributed by atoms with Crippen molar-refractivity contribution >= 4 is 23.4 Å². The van der Waals surface area contributed by atoms with Gasteiger partial charge in [0.25, 0.3) is 5.91 Å². The lowest BCUT2D eigenvalue weighted by atomic mass is 10.2. The van der Waals surface area contributed by atoms with Gasteiger partial charge < -0.3 is 14.5 Å². The molecule has 0 atom stereocenters. The summed E-state index contributed by atoms with van der Waals surface area (Å²) in [5.74, 6) is 3.21. The number of hydrogen-bond donors (Lipinski definition) is 1. The average molecular weight is 410 g/mol. The third kappa shape index (κ3) is 5.58. The number of benzene rings is 2. The van der Waals surface area contributed by atoms with Crippen molar-refractivity contribution in [2.24, 2.45) is 0 Å². The number of nitrogens with one attached hydrogen (secondary N) is 1. The fourth-order valence-corrected chi connectivity index (χ4v) is 4.08. The summed E-state index contributed by atoms with van der Waals surface area (Å²) in [5, 5.41) is 10.4. The second-order valence-electron chi connectivity index (χ2n) is 6.69. The molecular formula is C21H22N4O3S. The molecule has 1 amide bonds. The zero-order chi connectivity index (χ0) is 19.9. The molecule has 1 aliphatic heterocycles. The van der Waals surface area contributed by atoms with Gasteiger partial charge in [-0.2, -0.15) is 11.8 Å². The van der Waals surface area contributed by atoms with E-state index in [1.807, 2.05) is 42.1 Å². The smallest absolute Gasteiger partial charge is 0.262 e. The summed E-state index contributed by atoms with van der Waals surface area (Å²) in [5.41, 5.74) is 2.78. The molecule has 1 aliphatic rings. The van der Waals surface area contributed by atoms with Gasteiger partial charge in [0, 0.05) is 42.4 Å². The van der Waals surface area contributed by atoms with E-state index in [0.717, 1.165) is 30.9 Å². The van der Waals surface area contributed by atoms with E-state index in [1.165, 1.54) is 23.5 Å². The summed E-state index contributed by atoms with van der Waals surface area (Å²) in [4.78, 5) is 14.7. The van der Waals surface area contributed by atoms with Crippen molar-refractivity contribution in [1.29, 1.82) is 0 Å². The van der Waals surface area contributed by atoms with Crippen molar-refractivity contribution in [2.45, 2.75) is 6.54 Å². The van der Waals surface area contributed by atoms with Crippen LogP contribution in [0.25, 0.3) is 11.5 Å². The molecule has 0 radical (unpaired) electrons. The Labute approximate surface area is 173 Å². The molecule has 8 heteroatoms. The molecule has 1 N–H and O–H groups in total. The van der Waals surface area contributed by atoms with Gasteiger partial charge in [0.2, 0.25) is 12.3 Å². The maximum atomic E-state index is 12.3. The highest BCUT2D eigenvalue weighted by atomic mass is 32.2. The van der Waals surface area contributed by atoms with Crippen LogP contribution in [0.15, 0.2) is 59.3 Å². The number of ether oxygens (including phenoxy) is 1. The van der Waals surface area contributed by atoms with Crippen LogP contribution in [0.1, 0.15) is 5.56 Å². The molecule has 7 nitrogen and oxygen atoms in total. The highest BCUT2D eigenvalue weighted by molar-refractivity contribution is 7.99. The molecule has 0 aliphatic carbocycles. The monoisotopic (exact) mass is 410 g/mol. The van der Waals surface area contributed by atoms with Gasteiger partial charge in [-0.15, -0.1) is 10.2 Å². The Bertz CT molecular complexity index is 925. The summed E-state index contributed by atoms with van der Waals surface area (Å²) in [6.07, 6.45) is 1.28. The van der Waals surface area contributed by atoms with E-state index >= 15 is 0 Å². The Kier molecular flexibility index (Phi) is 6.43. The van der Waals surface area contributed by atoms with Gasteiger partial charge in [0.15, 0.2) is 6.61 Å². The maximum absolute atomic E-state index is 12.3. The summed E-state index contributed by atoms with van der Waals surface area (Å²) in [7, 11) is 0. The minimum absolute atomic E-state index is 0.0620. The molecule has 2 aromatic carbocycles. The van der Waals surface area contributed by atoms with E-state index in [1.54, 1.807) is 12.1 Å². The third-order valence-electron chi connectivity index (χ3n) is 4.55. The average Bonchev–Trinajstić information content (AvgIpc) is 3.29. The Balaban J connectivity index is 1.27. The predicted molar refractivity (Wildman–Crippen MR) is 113 cm³/mol. The number of carbonyl (C=O) groups excluding carboxylic acids is 1. The Morgan fingerprint density at radius 2 is 2.00 bits per heavy atom. The molecule has 0 bridgehead atoms. The van der Waals surface area contributed by atoms with Gasteiger partial charge in [0.1, 0.15) is 5.75 Å². The van der Waals surface area contributed by atoms with Crippen LogP contribution in [-0.2, 0) is 11.3 Å². The quantitative estimate of drug-likeness (QED) is 0.640. The molecule has 0 unspecified atom stereocenters. The zero-order valence-electron chi connectivity index (χ0n) is 15.9. The molecule has 0 spiro atoms. The van der Waals surface area contributed by atoms with Gasteiger partial charge in [-0.3, -0.25) is 9.69 Å². The van der Waals surface area contributed by atoms with Gasteiger partial charge in [-0.25, -0.2) is 0 Å². The van der Waals surface area contributed by atoms with Crippen LogP contribution in [0.3, 0.4) is 0 Å². The van der Waals surface area contributed by atoms with Crippen LogP contribution in [0.5, 0.6) is 5.75 Å². The molecule has 4 rings (SSSR count). The van der Waals surface area contributed by atoms with E-state index in [0.29, 0.717) is 11.6 Å². The summed E-state index contributed by atoms with van der Waals surface area (Å²) in [6, 6.07) is 15.1. The number of rotatable bonds is 7. The van der Waals surface area contributed by atoms with Crippen LogP contribution in [0, 0.1) is 0 Å². The number of anilines is 1. The number of thioether (sulfide) groups is 1. The van der Waals surface area contributed by atoms with Crippen molar-refractivity contribution in [3.8, 4) is 17.2 Å². The van der Waals surface area contributed by atoms with Crippen LogP contribution in [-0.4, -0.2) is 52.2 Å². The molecule has 0 saturated carbocycles. The first-order valence-corrected chi connectivity index (χ1v) is 10.6. The second-order valence-corrected chi connectivity index (χ2v) is 7.92. The molecular weight excluding hydrogens is 388 g/mol. The van der Waals surface area contributed by atoms with Crippen LogP contribution in [0.4, 0.5) is 5.69 Å². The first-order valence-electron chi connectivity index (χ1n) is 9.44. The van der Waals surface area contributed by atoms with Gasteiger partial charge in [-0.1, -0.05) is 12.1 Å². The lowest BCUT2D eigenvalue weighted by Crippen LogP contribution is -2.32. The molecule has 150 valence electrons. The first-order chi connectivity index (χ1) is 14.3. The highest BCUT2D eigenvalue weighted by Gasteiger charge is 2.11. The largest absolute Gasteiger partial charge is 0.484 e. The predicted octanol–water partition coefficient (Wildman–Crippen LogP) is 3.30. The Morgan fingerprint density at radius 3 is 2.76 bits per heavy atom. The number of hydrogen-bond acceptors (Lipinski definition) is 7. The molecule has 1 saturated heterocycles. The normalized spacial score (nSPS) is 14.5. The van der Waals surface area contributed by atoms with E-state index in [-0.39, 0.29) is 12.5 Å². The fraction of sp³-hybridized carbons (Fsp3) is 0.286. The fourth-order valence-electron chi connectivity index (χ4n) is 3.10. The topological polar surface area (TPSA) is 80.5 Å². The van der Waals surface area contributed by atoms with Crippen molar-refractivity contribution in [2.75, 3.05) is 36.5 Å². The van der Waals surface area contributed by atoms with Crippen molar-refractivity contribution in [1.82, 2.24) is 15.1 Å². The lowest BCUT2D eigenvalue weighted by Gasteiger charge is -2.26. The molecule has 1 fully saturated rings. The van der Waals surface area contributed by atoms with Crippen molar-refractivity contribution in [3.05, 3.63) is 60.5 Å². The van der Waals surface area contributed by atoms with Gasteiger partial charge in [-0.05, 0) is 42.0 Å². The summed E-state index contributed by atoms with van der Waals surface area (Å²) in [6.45, 7) is 3.07. The third-order valence-corrected chi connectivity index (χ3v) is 5.49. The maximum Gasteiger partial charge on any atom is 0.262 e. The molecule has 3 aromatic rings. The highest BCUT2D eigenvalue weighted by Crippen LogP contribution is 2.20. The van der Waals surface area contributed by atoms with Crippen LogP contribution >= 0.6 is 11.8 Å². The van der Waals surface area contributed by atoms with Crippen LogP contribution in [0.2, 0.25) is 0 Å². The summed E-state index contributed by atoms with van der Waals surface area (Å²) < 4.78 is 10.7. The van der Waals surface area contributed by atoms with E-state index in [9.17, 15) is 4.79 Å². The lowest BCUT2D eigenvalue weighted by molar-refractivity contribution is -0.118. The van der Waals surface area contributed by atoms with Gasteiger partial charge >= 0.3 is 0 Å². The van der Waals surface area contributed by atoms with Crippen LogP contribution < -0.4 is 10.1 Å². The van der Waals surface area contributed by atoms with Gasteiger partial charge in [0.05, 0.1) is 0 Å².